The standard InChI is InChI=1S/C28H59S.BrH/c1-5-9-12-13-14-15-16-17-18-19-20-21-22-23-25-28(24-8-4)29(26-10-6-2)27-11-7-3;/h28H,5-27H2,1-4H3;1H/q+1;/p-1. The summed E-state index contributed by atoms with van der Waals surface area (Å²) in [6.07, 6.45) is 30.8. The maximum atomic E-state index is 2.40. The molecule has 0 aromatic rings. The van der Waals surface area contributed by atoms with Gasteiger partial charge in [0.15, 0.2) is 0 Å². The molecule has 0 radical (unpaired) electrons. The molecule has 0 saturated carbocycles. The Morgan fingerprint density at radius 1 is 0.400 bits per heavy atom. The van der Waals surface area contributed by atoms with E-state index in [4.69, 9.17) is 0 Å². The Bertz CT molecular complexity index is 286. The zero-order chi connectivity index (χ0) is 21.4. The first-order valence-corrected chi connectivity index (χ1v) is 15.6. The molecule has 2 heteroatoms. The van der Waals surface area contributed by atoms with E-state index in [-0.39, 0.29) is 17.0 Å². The van der Waals surface area contributed by atoms with E-state index >= 15 is 0 Å². The third-order valence-electron chi connectivity index (χ3n) is 6.48. The molecule has 0 aromatic heterocycles. The molecule has 1 atom stereocenters. The Balaban J connectivity index is 0. The quantitative estimate of drug-likeness (QED) is 0.0953. The number of rotatable bonds is 24. The van der Waals surface area contributed by atoms with Gasteiger partial charge >= 0.3 is 0 Å². The fraction of sp³-hybridized carbons (Fsp3) is 1.00. The van der Waals surface area contributed by atoms with Gasteiger partial charge in [-0.1, -0.05) is 130 Å². The molecule has 30 heavy (non-hydrogen) atoms. The van der Waals surface area contributed by atoms with Crippen molar-refractivity contribution in [2.45, 2.75) is 168 Å². The van der Waals surface area contributed by atoms with Crippen LogP contribution >= 0.6 is 0 Å². The van der Waals surface area contributed by atoms with Gasteiger partial charge in [-0.2, -0.15) is 0 Å². The van der Waals surface area contributed by atoms with Crippen molar-refractivity contribution < 1.29 is 17.0 Å². The Hall–Kier alpha value is 0.830. The van der Waals surface area contributed by atoms with Crippen LogP contribution in [0.3, 0.4) is 0 Å². The molecule has 1 unspecified atom stereocenters. The summed E-state index contributed by atoms with van der Waals surface area (Å²) in [6.45, 7) is 9.44. The summed E-state index contributed by atoms with van der Waals surface area (Å²) in [5.41, 5.74) is 0. The maximum absolute atomic E-state index is 2.40. The Morgan fingerprint density at radius 3 is 1.13 bits per heavy atom. The first kappa shape index (κ1) is 33.0. The van der Waals surface area contributed by atoms with Crippen molar-refractivity contribution in [3.63, 3.8) is 0 Å². The predicted molar refractivity (Wildman–Crippen MR) is 141 cm³/mol. The smallest absolute Gasteiger partial charge is 0.118 e. The van der Waals surface area contributed by atoms with Crippen molar-refractivity contribution in [2.75, 3.05) is 11.5 Å². The van der Waals surface area contributed by atoms with Gasteiger partial charge in [-0.25, -0.2) is 0 Å². The molecule has 0 aliphatic heterocycles. The molecule has 0 aromatic carbocycles. The summed E-state index contributed by atoms with van der Waals surface area (Å²) in [5.74, 6) is 3.06. The highest BCUT2D eigenvalue weighted by atomic mass is 79.9. The minimum absolute atomic E-state index is 0. The second-order valence-electron chi connectivity index (χ2n) is 9.45. The summed E-state index contributed by atoms with van der Waals surface area (Å²) in [4.78, 5) is 0. The van der Waals surface area contributed by atoms with Gasteiger partial charge < -0.3 is 17.0 Å². The number of halogens is 1. The molecule has 0 amide bonds. The minimum atomic E-state index is 0. The van der Waals surface area contributed by atoms with Gasteiger partial charge in [0.1, 0.15) is 16.8 Å². The molecule has 0 aliphatic rings. The van der Waals surface area contributed by atoms with Crippen LogP contribution in [0.1, 0.15) is 163 Å². The molecule has 184 valence electrons. The summed E-state index contributed by atoms with van der Waals surface area (Å²) >= 11 is 0. The van der Waals surface area contributed by atoms with E-state index in [9.17, 15) is 0 Å². The highest BCUT2D eigenvalue weighted by Gasteiger charge is 2.28. The van der Waals surface area contributed by atoms with Crippen LogP contribution in [0.15, 0.2) is 0 Å². The minimum Gasteiger partial charge on any atom is -1.00 e. The monoisotopic (exact) mass is 506 g/mol. The van der Waals surface area contributed by atoms with Gasteiger partial charge in [0.2, 0.25) is 0 Å². The van der Waals surface area contributed by atoms with E-state index in [0.29, 0.717) is 0 Å². The first-order chi connectivity index (χ1) is 14.3. The molecule has 0 bridgehead atoms. The van der Waals surface area contributed by atoms with Crippen LogP contribution in [0.5, 0.6) is 0 Å². The number of hydrogen-bond acceptors (Lipinski definition) is 0. The third kappa shape index (κ3) is 22.0. The van der Waals surface area contributed by atoms with E-state index in [2.05, 4.69) is 27.7 Å². The molecule has 0 aliphatic carbocycles. The van der Waals surface area contributed by atoms with Gasteiger partial charge in [0.05, 0.1) is 0 Å². The van der Waals surface area contributed by atoms with Crippen molar-refractivity contribution >= 4 is 10.9 Å². The third-order valence-corrected chi connectivity index (χ3v) is 9.52. The molecule has 0 N–H and O–H groups in total. The summed E-state index contributed by atoms with van der Waals surface area (Å²) in [5, 5.41) is 1.05. The van der Waals surface area contributed by atoms with Gasteiger partial charge in [-0.15, -0.1) is 0 Å². The van der Waals surface area contributed by atoms with Crippen molar-refractivity contribution in [3.8, 4) is 0 Å². The summed E-state index contributed by atoms with van der Waals surface area (Å²) < 4.78 is 0. The highest BCUT2D eigenvalue weighted by Crippen LogP contribution is 2.23. The van der Waals surface area contributed by atoms with E-state index < -0.39 is 0 Å². The Morgan fingerprint density at radius 2 is 0.767 bits per heavy atom. The largest absolute Gasteiger partial charge is 1.00 e. The average molecular weight is 508 g/mol. The van der Waals surface area contributed by atoms with Crippen molar-refractivity contribution in [3.05, 3.63) is 0 Å². The van der Waals surface area contributed by atoms with Gasteiger partial charge in [0.25, 0.3) is 0 Å². The van der Waals surface area contributed by atoms with Gasteiger partial charge in [-0.05, 0) is 43.0 Å². The van der Waals surface area contributed by atoms with Gasteiger partial charge in [0, 0.05) is 0 Å². The Kier molecular flexibility index (Phi) is 30.7. The molecular weight excluding hydrogens is 448 g/mol. The zero-order valence-corrected chi connectivity index (χ0v) is 24.0. The number of unbranched alkanes of at least 4 members (excludes halogenated alkanes) is 15. The van der Waals surface area contributed by atoms with Crippen LogP contribution in [-0.2, 0) is 10.9 Å². The van der Waals surface area contributed by atoms with Crippen LogP contribution in [0.4, 0.5) is 0 Å². The molecule has 0 nitrogen and oxygen atoms in total. The predicted octanol–water partition coefficient (Wildman–Crippen LogP) is 7.25. The lowest BCUT2D eigenvalue weighted by Crippen LogP contribution is -3.00. The van der Waals surface area contributed by atoms with Crippen LogP contribution in [-0.4, -0.2) is 16.8 Å². The normalized spacial score (nSPS) is 12.3. The van der Waals surface area contributed by atoms with Crippen molar-refractivity contribution in [2.24, 2.45) is 0 Å². The molecule has 0 heterocycles. The van der Waals surface area contributed by atoms with Gasteiger partial charge in [-0.3, -0.25) is 0 Å². The van der Waals surface area contributed by atoms with E-state index in [1.807, 2.05) is 0 Å². The molecule has 0 spiro atoms. The lowest BCUT2D eigenvalue weighted by molar-refractivity contribution is -0.00000657. The molecule has 0 saturated heterocycles. The zero-order valence-electron chi connectivity index (χ0n) is 21.6. The maximum Gasteiger partial charge on any atom is 0.118 e. The SMILES string of the molecule is CCCCCCCCCCCCCCCCC(CCC)[S+](CCCC)CCCC.[Br-]. The fourth-order valence-corrected chi connectivity index (χ4v) is 7.72. The van der Waals surface area contributed by atoms with Crippen molar-refractivity contribution in [1.82, 2.24) is 0 Å². The van der Waals surface area contributed by atoms with Crippen LogP contribution in [0.2, 0.25) is 0 Å². The first-order valence-electron chi connectivity index (χ1n) is 14.0. The molecule has 0 fully saturated rings. The van der Waals surface area contributed by atoms with Crippen LogP contribution < -0.4 is 17.0 Å². The lowest BCUT2D eigenvalue weighted by atomic mass is 10.0. The average Bonchev–Trinajstić information content (AvgIpc) is 2.73. The lowest BCUT2D eigenvalue weighted by Gasteiger charge is -2.19. The van der Waals surface area contributed by atoms with E-state index in [0.717, 1.165) is 16.1 Å². The van der Waals surface area contributed by atoms with E-state index in [1.165, 1.54) is 146 Å². The highest BCUT2D eigenvalue weighted by molar-refractivity contribution is 7.97. The topological polar surface area (TPSA) is 0 Å². The Labute approximate surface area is 206 Å². The fourth-order valence-electron chi connectivity index (χ4n) is 4.46. The number of hydrogen-bond donors (Lipinski definition) is 0. The van der Waals surface area contributed by atoms with E-state index in [1.54, 1.807) is 0 Å². The molecule has 0 rings (SSSR count). The molecular formula is C28H59BrS. The van der Waals surface area contributed by atoms with Crippen LogP contribution in [0, 0.1) is 0 Å². The summed E-state index contributed by atoms with van der Waals surface area (Å²) in [6, 6.07) is 0. The second kappa shape index (κ2) is 27.9. The summed E-state index contributed by atoms with van der Waals surface area (Å²) in [7, 11) is 0.721. The second-order valence-corrected chi connectivity index (χ2v) is 12.0. The van der Waals surface area contributed by atoms with Crippen LogP contribution in [0.25, 0.3) is 0 Å². The van der Waals surface area contributed by atoms with Crippen molar-refractivity contribution in [1.29, 1.82) is 0 Å².